The van der Waals surface area contributed by atoms with E-state index in [1.165, 1.54) is 0 Å². The summed E-state index contributed by atoms with van der Waals surface area (Å²) >= 11 is 0. The Hall–Kier alpha value is -4.12. The predicted molar refractivity (Wildman–Crippen MR) is 120 cm³/mol. The van der Waals surface area contributed by atoms with Crippen LogP contribution in [-0.4, -0.2) is 59.1 Å². The van der Waals surface area contributed by atoms with Gasteiger partial charge in [0.15, 0.2) is 11.5 Å². The maximum atomic E-state index is 12.8. The minimum absolute atomic E-state index is 0.0369. The molecule has 0 fully saturated rings. The second-order valence-electron chi connectivity index (χ2n) is 7.43. The number of fused-ring (bicyclic) bond motifs is 1. The molecule has 182 valence electrons. The summed E-state index contributed by atoms with van der Waals surface area (Å²) in [7, 11) is 3.10. The number of nitrogens with zero attached hydrogens (tertiary/aromatic N) is 1. The van der Waals surface area contributed by atoms with Crippen LogP contribution in [0.4, 0.5) is 0 Å². The molecule has 11 heteroatoms. The van der Waals surface area contributed by atoms with Gasteiger partial charge in [-0.2, -0.15) is 0 Å². The molecule has 0 spiro atoms. The third-order valence-corrected chi connectivity index (χ3v) is 5.12. The Morgan fingerprint density at radius 2 is 1.68 bits per heavy atom. The highest BCUT2D eigenvalue weighted by atomic mass is 16.5. The molecule has 6 N–H and O–H groups in total. The Bertz CT molecular complexity index is 1070. The highest BCUT2D eigenvalue weighted by Crippen LogP contribution is 2.37. The van der Waals surface area contributed by atoms with Crippen molar-refractivity contribution in [3.8, 4) is 11.5 Å². The third-order valence-electron chi connectivity index (χ3n) is 5.12. The maximum Gasteiger partial charge on any atom is 0.321 e. The van der Waals surface area contributed by atoms with Gasteiger partial charge in [0.1, 0.15) is 6.04 Å². The standard InChI is InChI=1S/C19H20N2O4.C4H7NO4/c1-24-16-8-7-12(9-17(16)25-2)15(10-18(20)22)21-11-13-5-3-4-6-14(13)19(21)23;5-2(4(8)9)1-3(6)7/h3-9,15H,10-11H2,1-2H3,(H2,20,22);2H,1,5H2,(H,6,7)(H,8,9). The largest absolute Gasteiger partial charge is 0.493 e. The molecule has 11 nitrogen and oxygen atoms in total. The topological polar surface area (TPSA) is 182 Å². The number of aliphatic carboxylic acids is 2. The first-order chi connectivity index (χ1) is 16.1. The molecule has 2 aromatic carbocycles. The van der Waals surface area contributed by atoms with Gasteiger partial charge in [0.05, 0.1) is 33.1 Å². The highest BCUT2D eigenvalue weighted by Gasteiger charge is 2.34. The van der Waals surface area contributed by atoms with Crippen molar-refractivity contribution in [1.29, 1.82) is 0 Å². The lowest BCUT2D eigenvalue weighted by Gasteiger charge is -2.28. The van der Waals surface area contributed by atoms with Crippen molar-refractivity contribution in [2.45, 2.75) is 31.5 Å². The van der Waals surface area contributed by atoms with E-state index in [0.717, 1.165) is 11.1 Å². The number of carboxylic acid groups (broad SMARTS) is 2. The van der Waals surface area contributed by atoms with Crippen molar-refractivity contribution in [1.82, 2.24) is 4.90 Å². The molecule has 0 aromatic heterocycles. The second kappa shape index (κ2) is 11.7. The number of primary amides is 1. The molecular formula is C23H27N3O8. The average molecular weight is 473 g/mol. The lowest BCUT2D eigenvalue weighted by Crippen LogP contribution is -2.32. The van der Waals surface area contributed by atoms with Gasteiger partial charge in [0.2, 0.25) is 5.91 Å². The Morgan fingerprint density at radius 1 is 1.03 bits per heavy atom. The zero-order valence-corrected chi connectivity index (χ0v) is 18.8. The fourth-order valence-corrected chi connectivity index (χ4v) is 3.46. The van der Waals surface area contributed by atoms with Gasteiger partial charge in [-0.05, 0) is 29.3 Å². The Labute approximate surface area is 195 Å². The maximum absolute atomic E-state index is 12.8. The van der Waals surface area contributed by atoms with Crippen LogP contribution < -0.4 is 20.9 Å². The summed E-state index contributed by atoms with van der Waals surface area (Å²) in [6.45, 7) is 0.446. The van der Waals surface area contributed by atoms with Gasteiger partial charge in [-0.3, -0.25) is 19.2 Å². The SMILES string of the molecule is COc1ccc(C(CC(N)=O)N2Cc3ccccc3C2=O)cc1OC.NC(CC(=O)O)C(=O)O. The normalized spacial score (nSPS) is 13.7. The van der Waals surface area contributed by atoms with Gasteiger partial charge in [0.25, 0.3) is 5.91 Å². The first-order valence-corrected chi connectivity index (χ1v) is 10.2. The van der Waals surface area contributed by atoms with E-state index >= 15 is 0 Å². The van der Waals surface area contributed by atoms with Crippen molar-refractivity contribution >= 4 is 23.8 Å². The third kappa shape index (κ3) is 6.45. The smallest absolute Gasteiger partial charge is 0.321 e. The summed E-state index contributed by atoms with van der Waals surface area (Å²) in [5, 5.41) is 16.0. The lowest BCUT2D eigenvalue weighted by atomic mass is 10.0. The first-order valence-electron chi connectivity index (χ1n) is 10.2. The van der Waals surface area contributed by atoms with Gasteiger partial charge >= 0.3 is 11.9 Å². The molecule has 1 heterocycles. The summed E-state index contributed by atoms with van der Waals surface area (Å²) in [5.74, 6) is -1.94. The summed E-state index contributed by atoms with van der Waals surface area (Å²) in [5.41, 5.74) is 12.7. The Kier molecular flexibility index (Phi) is 8.96. The number of carbonyl (C=O) groups excluding carboxylic acids is 2. The minimum atomic E-state index is -1.29. The Morgan fingerprint density at radius 3 is 2.18 bits per heavy atom. The van der Waals surface area contributed by atoms with Gasteiger partial charge in [0, 0.05) is 12.1 Å². The number of carboxylic acids is 2. The summed E-state index contributed by atoms with van der Waals surface area (Å²) in [6, 6.07) is 11.1. The van der Waals surface area contributed by atoms with E-state index in [1.54, 1.807) is 37.3 Å². The summed E-state index contributed by atoms with van der Waals surface area (Å²) < 4.78 is 10.6. The molecule has 1 aliphatic heterocycles. The molecule has 1 aliphatic rings. The number of rotatable bonds is 9. The average Bonchev–Trinajstić information content (AvgIpc) is 3.13. The predicted octanol–water partition coefficient (Wildman–Crippen LogP) is 1.15. The number of amides is 2. The quantitative estimate of drug-likeness (QED) is 0.415. The van der Waals surface area contributed by atoms with Crippen LogP contribution in [0.1, 0.15) is 40.4 Å². The van der Waals surface area contributed by atoms with Gasteiger partial charge in [-0.25, -0.2) is 0 Å². The van der Waals surface area contributed by atoms with Crippen molar-refractivity contribution in [2.75, 3.05) is 14.2 Å². The van der Waals surface area contributed by atoms with E-state index in [0.29, 0.717) is 23.6 Å². The molecule has 2 aromatic rings. The van der Waals surface area contributed by atoms with Crippen molar-refractivity contribution in [3.63, 3.8) is 0 Å². The van der Waals surface area contributed by atoms with E-state index in [4.69, 9.17) is 31.2 Å². The number of carbonyl (C=O) groups is 4. The van der Waals surface area contributed by atoms with Crippen molar-refractivity contribution in [2.24, 2.45) is 11.5 Å². The van der Waals surface area contributed by atoms with Crippen molar-refractivity contribution < 1.29 is 38.9 Å². The van der Waals surface area contributed by atoms with Crippen LogP contribution in [-0.2, 0) is 20.9 Å². The number of ether oxygens (including phenoxy) is 2. The molecule has 3 rings (SSSR count). The summed E-state index contributed by atoms with van der Waals surface area (Å²) in [6.07, 6.45) is -0.495. The zero-order valence-electron chi connectivity index (χ0n) is 18.8. The van der Waals surface area contributed by atoms with Crippen LogP contribution in [0.2, 0.25) is 0 Å². The van der Waals surface area contributed by atoms with Crippen LogP contribution in [0.3, 0.4) is 0 Å². The van der Waals surface area contributed by atoms with E-state index in [2.05, 4.69) is 0 Å². The molecule has 0 bridgehead atoms. The second-order valence-corrected chi connectivity index (χ2v) is 7.43. The molecular weight excluding hydrogens is 446 g/mol. The van der Waals surface area contributed by atoms with Crippen LogP contribution in [0, 0.1) is 0 Å². The van der Waals surface area contributed by atoms with Crippen molar-refractivity contribution in [3.05, 3.63) is 59.2 Å². The first kappa shape index (κ1) is 26.1. The fourth-order valence-electron chi connectivity index (χ4n) is 3.46. The molecule has 0 aliphatic carbocycles. The molecule has 0 saturated carbocycles. The minimum Gasteiger partial charge on any atom is -0.493 e. The molecule has 0 radical (unpaired) electrons. The van der Waals surface area contributed by atoms with E-state index < -0.39 is 36.4 Å². The highest BCUT2D eigenvalue weighted by molar-refractivity contribution is 5.98. The van der Waals surface area contributed by atoms with Gasteiger partial charge in [-0.1, -0.05) is 24.3 Å². The number of hydrogen-bond acceptors (Lipinski definition) is 7. The van der Waals surface area contributed by atoms with E-state index in [9.17, 15) is 19.2 Å². The molecule has 2 amide bonds. The number of hydrogen-bond donors (Lipinski definition) is 4. The molecule has 2 atom stereocenters. The van der Waals surface area contributed by atoms with Crippen LogP contribution in [0.25, 0.3) is 0 Å². The number of methoxy groups -OCH3 is 2. The zero-order chi connectivity index (χ0) is 25.4. The lowest BCUT2D eigenvalue weighted by molar-refractivity contribution is -0.144. The Balaban J connectivity index is 0.000000387. The van der Waals surface area contributed by atoms with Gasteiger partial charge in [-0.15, -0.1) is 0 Å². The van der Waals surface area contributed by atoms with Crippen LogP contribution >= 0.6 is 0 Å². The number of benzene rings is 2. The molecule has 2 unspecified atom stereocenters. The van der Waals surface area contributed by atoms with Gasteiger partial charge < -0.3 is 36.1 Å². The monoisotopic (exact) mass is 473 g/mol. The van der Waals surface area contributed by atoms with Crippen LogP contribution in [0.5, 0.6) is 11.5 Å². The fraction of sp³-hybridized carbons (Fsp3) is 0.304. The van der Waals surface area contributed by atoms with E-state index in [1.807, 2.05) is 24.3 Å². The van der Waals surface area contributed by atoms with E-state index in [-0.39, 0.29) is 12.3 Å². The molecule has 0 saturated heterocycles. The summed E-state index contributed by atoms with van der Waals surface area (Å²) in [4.78, 5) is 45.7. The molecule has 34 heavy (non-hydrogen) atoms. The van der Waals surface area contributed by atoms with Crippen LogP contribution in [0.15, 0.2) is 42.5 Å². The number of nitrogens with two attached hydrogens (primary N) is 2.